The fourth-order valence-electron chi connectivity index (χ4n) is 2.11. The molecule has 0 atom stereocenters. The number of carboxylic acids is 1. The second kappa shape index (κ2) is 5.57. The molecule has 0 aliphatic rings. The maximum Gasteiger partial charge on any atom is 0.337 e. The molecule has 1 N–H and O–H groups in total. The highest BCUT2D eigenvalue weighted by atomic mass is 32.2. The lowest BCUT2D eigenvalue weighted by Crippen LogP contribution is -2.15. The van der Waals surface area contributed by atoms with E-state index in [1.54, 1.807) is 24.3 Å². The Bertz CT molecular complexity index is 800. The molecule has 2 aromatic carbocycles. The van der Waals surface area contributed by atoms with Crippen molar-refractivity contribution in [3.8, 4) is 0 Å². The lowest BCUT2D eigenvalue weighted by molar-refractivity contribution is 0.0692. The van der Waals surface area contributed by atoms with Gasteiger partial charge in [-0.15, -0.1) is 0 Å². The third-order valence-electron chi connectivity index (χ3n) is 3.42. The van der Waals surface area contributed by atoms with Gasteiger partial charge in [-0.05, 0) is 35.2 Å². The zero-order chi connectivity index (χ0) is 16.5. The van der Waals surface area contributed by atoms with Crippen LogP contribution in [-0.2, 0) is 15.3 Å². The van der Waals surface area contributed by atoms with Gasteiger partial charge >= 0.3 is 5.97 Å². The number of aromatic carboxylic acids is 1. The fraction of sp³-hybridized carbons (Fsp3) is 0.235. The van der Waals surface area contributed by atoms with E-state index >= 15 is 0 Å². The van der Waals surface area contributed by atoms with Crippen LogP contribution in [0.5, 0.6) is 0 Å². The molecule has 0 fully saturated rings. The van der Waals surface area contributed by atoms with Crippen molar-refractivity contribution in [3.05, 3.63) is 59.7 Å². The van der Waals surface area contributed by atoms with Crippen LogP contribution < -0.4 is 0 Å². The minimum Gasteiger partial charge on any atom is -0.478 e. The van der Waals surface area contributed by atoms with E-state index in [1.807, 2.05) is 20.8 Å². The molecule has 0 radical (unpaired) electrons. The van der Waals surface area contributed by atoms with Crippen molar-refractivity contribution in [2.24, 2.45) is 0 Å². The normalized spacial score (nSPS) is 12.1. The van der Waals surface area contributed by atoms with Crippen molar-refractivity contribution in [1.29, 1.82) is 0 Å². The summed E-state index contributed by atoms with van der Waals surface area (Å²) in [5.74, 6) is -1.25. The minimum atomic E-state index is -3.88. The standard InChI is InChI=1S/C17H18O4S/c1-17(2,3)12-9-10-14(16(18)19)15(11-12)22(20,21)13-7-5-4-6-8-13/h4-11H,1-3H3,(H,18,19). The number of rotatable bonds is 3. The Morgan fingerprint density at radius 2 is 1.59 bits per heavy atom. The molecule has 5 heteroatoms. The van der Waals surface area contributed by atoms with Crippen molar-refractivity contribution >= 4 is 15.8 Å². The molecule has 22 heavy (non-hydrogen) atoms. The van der Waals surface area contributed by atoms with E-state index in [0.717, 1.165) is 5.56 Å². The Kier molecular flexibility index (Phi) is 4.11. The van der Waals surface area contributed by atoms with Crippen LogP contribution in [0.25, 0.3) is 0 Å². The molecule has 116 valence electrons. The molecule has 0 unspecified atom stereocenters. The van der Waals surface area contributed by atoms with Gasteiger partial charge < -0.3 is 5.11 Å². The summed E-state index contributed by atoms with van der Waals surface area (Å²) in [6.07, 6.45) is 0. The van der Waals surface area contributed by atoms with Gasteiger partial charge in [0.05, 0.1) is 15.4 Å². The van der Waals surface area contributed by atoms with Crippen molar-refractivity contribution < 1.29 is 18.3 Å². The maximum atomic E-state index is 12.8. The van der Waals surface area contributed by atoms with Crippen LogP contribution >= 0.6 is 0 Å². The fourth-order valence-corrected chi connectivity index (χ4v) is 3.61. The summed E-state index contributed by atoms with van der Waals surface area (Å²) < 4.78 is 25.5. The highest BCUT2D eigenvalue weighted by molar-refractivity contribution is 7.91. The first-order chi connectivity index (χ1) is 10.1. The van der Waals surface area contributed by atoms with E-state index in [1.165, 1.54) is 24.3 Å². The molecule has 0 amide bonds. The van der Waals surface area contributed by atoms with Crippen molar-refractivity contribution in [2.75, 3.05) is 0 Å². The second-order valence-electron chi connectivity index (χ2n) is 6.08. The smallest absolute Gasteiger partial charge is 0.337 e. The highest BCUT2D eigenvalue weighted by Gasteiger charge is 2.26. The predicted molar refractivity (Wildman–Crippen MR) is 84.0 cm³/mol. The van der Waals surface area contributed by atoms with Gasteiger partial charge in [0.2, 0.25) is 9.84 Å². The summed E-state index contributed by atoms with van der Waals surface area (Å²) >= 11 is 0. The number of sulfone groups is 1. The summed E-state index contributed by atoms with van der Waals surface area (Å²) in [6.45, 7) is 5.84. The summed E-state index contributed by atoms with van der Waals surface area (Å²) in [5, 5.41) is 9.31. The average Bonchev–Trinajstić information content (AvgIpc) is 2.46. The molecule has 0 bridgehead atoms. The quantitative estimate of drug-likeness (QED) is 0.940. The van der Waals surface area contributed by atoms with Gasteiger partial charge in [-0.2, -0.15) is 0 Å². The Hall–Kier alpha value is -2.14. The highest BCUT2D eigenvalue weighted by Crippen LogP contribution is 2.30. The Labute approximate surface area is 130 Å². The number of hydrogen-bond acceptors (Lipinski definition) is 3. The molecule has 0 aromatic heterocycles. The van der Waals surface area contributed by atoms with Crippen LogP contribution in [0.4, 0.5) is 0 Å². The molecule has 0 aliphatic carbocycles. The molecule has 0 aliphatic heterocycles. The first kappa shape index (κ1) is 16.2. The molecule has 2 aromatic rings. The van der Waals surface area contributed by atoms with E-state index in [2.05, 4.69) is 0 Å². The van der Waals surface area contributed by atoms with Crippen LogP contribution in [0, 0.1) is 0 Å². The SMILES string of the molecule is CC(C)(C)c1ccc(C(=O)O)c(S(=O)(=O)c2ccccc2)c1. The lowest BCUT2D eigenvalue weighted by Gasteiger charge is -2.20. The molecule has 2 rings (SSSR count). The van der Waals surface area contributed by atoms with Crippen LogP contribution in [0.1, 0.15) is 36.7 Å². The van der Waals surface area contributed by atoms with Crippen molar-refractivity contribution in [2.45, 2.75) is 36.0 Å². The van der Waals surface area contributed by atoms with Gasteiger partial charge in [-0.1, -0.05) is 45.0 Å². The number of carboxylic acid groups (broad SMARTS) is 1. The Balaban J connectivity index is 2.74. The van der Waals surface area contributed by atoms with Gasteiger partial charge in [-0.3, -0.25) is 0 Å². The van der Waals surface area contributed by atoms with Crippen molar-refractivity contribution in [3.63, 3.8) is 0 Å². The van der Waals surface area contributed by atoms with E-state index in [-0.39, 0.29) is 20.8 Å². The van der Waals surface area contributed by atoms with Gasteiger partial charge in [0, 0.05) is 0 Å². The third-order valence-corrected chi connectivity index (χ3v) is 5.23. The van der Waals surface area contributed by atoms with E-state index in [0.29, 0.717) is 0 Å². The average molecular weight is 318 g/mol. The topological polar surface area (TPSA) is 71.4 Å². The molecule has 0 saturated heterocycles. The lowest BCUT2D eigenvalue weighted by atomic mass is 9.86. The number of hydrogen-bond donors (Lipinski definition) is 1. The van der Waals surface area contributed by atoms with Crippen molar-refractivity contribution in [1.82, 2.24) is 0 Å². The molecule has 0 spiro atoms. The Morgan fingerprint density at radius 1 is 1.00 bits per heavy atom. The van der Waals surface area contributed by atoms with Gasteiger partial charge in [0.25, 0.3) is 0 Å². The predicted octanol–water partition coefficient (Wildman–Crippen LogP) is 3.52. The Morgan fingerprint density at radius 3 is 2.09 bits per heavy atom. The summed E-state index contributed by atoms with van der Waals surface area (Å²) in [5.41, 5.74) is 0.279. The summed E-state index contributed by atoms with van der Waals surface area (Å²) in [4.78, 5) is 11.3. The first-order valence-electron chi connectivity index (χ1n) is 6.82. The molecule has 0 saturated carbocycles. The van der Waals surface area contributed by atoms with Crippen LogP contribution in [0.15, 0.2) is 58.3 Å². The second-order valence-corrected chi connectivity index (χ2v) is 8.00. The van der Waals surface area contributed by atoms with E-state index in [9.17, 15) is 18.3 Å². The van der Waals surface area contributed by atoms with Crippen LogP contribution in [0.3, 0.4) is 0 Å². The third kappa shape index (κ3) is 3.04. The summed E-state index contributed by atoms with van der Waals surface area (Å²) in [6, 6.07) is 12.3. The number of carbonyl (C=O) groups is 1. The maximum absolute atomic E-state index is 12.8. The summed E-state index contributed by atoms with van der Waals surface area (Å²) in [7, 11) is -3.88. The molecular weight excluding hydrogens is 300 g/mol. The zero-order valence-corrected chi connectivity index (χ0v) is 13.5. The van der Waals surface area contributed by atoms with Gasteiger partial charge in [-0.25, -0.2) is 13.2 Å². The molecule has 4 nitrogen and oxygen atoms in total. The first-order valence-corrected chi connectivity index (χ1v) is 8.30. The zero-order valence-electron chi connectivity index (χ0n) is 12.7. The van der Waals surface area contributed by atoms with Crippen LogP contribution in [0.2, 0.25) is 0 Å². The van der Waals surface area contributed by atoms with Crippen LogP contribution in [-0.4, -0.2) is 19.5 Å². The van der Waals surface area contributed by atoms with Gasteiger partial charge in [0.1, 0.15) is 0 Å². The largest absolute Gasteiger partial charge is 0.478 e. The van der Waals surface area contributed by atoms with Gasteiger partial charge in [0.15, 0.2) is 0 Å². The van der Waals surface area contributed by atoms with E-state index in [4.69, 9.17) is 0 Å². The van der Waals surface area contributed by atoms with E-state index < -0.39 is 15.8 Å². The monoisotopic (exact) mass is 318 g/mol. The molecule has 0 heterocycles. The minimum absolute atomic E-state index is 0.0866. The molecular formula is C17H18O4S. The number of benzene rings is 2.